The van der Waals surface area contributed by atoms with Gasteiger partial charge >= 0.3 is 0 Å². The Kier molecular flexibility index (Phi) is 5.52. The third-order valence-electron chi connectivity index (χ3n) is 3.63. The molecule has 2 heterocycles. The van der Waals surface area contributed by atoms with Gasteiger partial charge in [-0.15, -0.1) is 0 Å². The molecule has 0 bridgehead atoms. The second-order valence-corrected chi connectivity index (χ2v) is 5.90. The Morgan fingerprint density at radius 1 is 1.00 bits per heavy atom. The molecule has 3 rings (SSSR count). The maximum atomic E-state index is 5.33. The molecule has 0 radical (unpaired) electrons. The van der Waals surface area contributed by atoms with Crippen LogP contribution in [0, 0.1) is 6.92 Å². The third kappa shape index (κ3) is 4.71. The molecule has 0 aliphatic heterocycles. The third-order valence-corrected chi connectivity index (χ3v) is 3.63. The van der Waals surface area contributed by atoms with Crippen molar-refractivity contribution < 1.29 is 13.8 Å². The second kappa shape index (κ2) is 8.00. The average molecular weight is 343 g/mol. The number of hydrogen-bond donors (Lipinski definition) is 0. The molecule has 0 N–H and O–H groups in total. The Labute approximate surface area is 145 Å². The number of aromatic nitrogens is 4. The molecule has 0 saturated carbocycles. The van der Waals surface area contributed by atoms with E-state index in [2.05, 4.69) is 20.3 Å². The highest BCUT2D eigenvalue weighted by Crippen LogP contribution is 2.17. The van der Waals surface area contributed by atoms with Crippen molar-refractivity contribution in [1.82, 2.24) is 25.2 Å². The molecule has 3 aromatic rings. The number of hydrogen-bond acceptors (Lipinski definition) is 8. The predicted molar refractivity (Wildman–Crippen MR) is 89.5 cm³/mol. The van der Waals surface area contributed by atoms with Gasteiger partial charge in [0.15, 0.2) is 5.82 Å². The zero-order valence-corrected chi connectivity index (χ0v) is 14.6. The largest absolute Gasteiger partial charge is 0.384 e. The SMILES string of the molecule is COCCc1noc(CN(C)Cc2nc(-c3ccc(C)cc3)no2)n1. The number of aryl methyl sites for hydroxylation is 1. The summed E-state index contributed by atoms with van der Waals surface area (Å²) in [5, 5.41) is 7.96. The van der Waals surface area contributed by atoms with Crippen molar-refractivity contribution >= 4 is 0 Å². The van der Waals surface area contributed by atoms with Gasteiger partial charge in [-0.25, -0.2) is 0 Å². The van der Waals surface area contributed by atoms with Crippen LogP contribution in [0.1, 0.15) is 23.2 Å². The highest BCUT2D eigenvalue weighted by atomic mass is 16.5. The highest BCUT2D eigenvalue weighted by molar-refractivity contribution is 5.54. The first-order valence-corrected chi connectivity index (χ1v) is 8.02. The number of benzene rings is 1. The summed E-state index contributed by atoms with van der Waals surface area (Å²) in [6, 6.07) is 8.00. The second-order valence-electron chi connectivity index (χ2n) is 5.90. The Morgan fingerprint density at radius 3 is 2.40 bits per heavy atom. The summed E-state index contributed by atoms with van der Waals surface area (Å²) in [5.74, 6) is 2.32. The first-order chi connectivity index (χ1) is 12.1. The zero-order chi connectivity index (χ0) is 17.6. The van der Waals surface area contributed by atoms with Crippen molar-refractivity contribution in [2.24, 2.45) is 0 Å². The van der Waals surface area contributed by atoms with E-state index in [4.69, 9.17) is 13.8 Å². The molecule has 0 atom stereocenters. The van der Waals surface area contributed by atoms with Crippen LogP contribution in [0.15, 0.2) is 33.3 Å². The maximum Gasteiger partial charge on any atom is 0.241 e. The van der Waals surface area contributed by atoms with Crippen LogP contribution in [0.3, 0.4) is 0 Å². The van der Waals surface area contributed by atoms with Crippen molar-refractivity contribution in [2.45, 2.75) is 26.4 Å². The zero-order valence-electron chi connectivity index (χ0n) is 14.6. The summed E-state index contributed by atoms with van der Waals surface area (Å²) in [5.41, 5.74) is 2.12. The molecular weight excluding hydrogens is 322 g/mol. The molecule has 0 saturated heterocycles. The Hall–Kier alpha value is -2.58. The van der Waals surface area contributed by atoms with E-state index in [9.17, 15) is 0 Å². The first kappa shape index (κ1) is 17.2. The summed E-state index contributed by atoms with van der Waals surface area (Å²) in [7, 11) is 3.57. The molecule has 8 nitrogen and oxygen atoms in total. The molecule has 8 heteroatoms. The van der Waals surface area contributed by atoms with Crippen LogP contribution < -0.4 is 0 Å². The van der Waals surface area contributed by atoms with Gasteiger partial charge in [0.1, 0.15) is 0 Å². The Morgan fingerprint density at radius 2 is 1.68 bits per heavy atom. The number of ether oxygens (including phenoxy) is 1. The molecule has 0 aliphatic carbocycles. The van der Waals surface area contributed by atoms with Gasteiger partial charge in [-0.1, -0.05) is 40.1 Å². The molecule has 0 amide bonds. The molecular formula is C17H21N5O3. The lowest BCUT2D eigenvalue weighted by molar-refractivity contribution is 0.199. The van der Waals surface area contributed by atoms with E-state index in [0.717, 1.165) is 5.56 Å². The Balaban J connectivity index is 1.57. The van der Waals surface area contributed by atoms with Gasteiger partial charge in [-0.05, 0) is 14.0 Å². The van der Waals surface area contributed by atoms with Crippen LogP contribution in [0.2, 0.25) is 0 Å². The topological polar surface area (TPSA) is 90.3 Å². The molecule has 0 aliphatic rings. The summed E-state index contributed by atoms with van der Waals surface area (Å²) in [6.07, 6.45) is 0.632. The van der Waals surface area contributed by atoms with E-state index in [1.165, 1.54) is 5.56 Å². The monoisotopic (exact) mass is 343 g/mol. The van der Waals surface area contributed by atoms with Crippen LogP contribution in [-0.4, -0.2) is 45.9 Å². The van der Waals surface area contributed by atoms with Crippen molar-refractivity contribution in [3.8, 4) is 11.4 Å². The predicted octanol–water partition coefficient (Wildman–Crippen LogP) is 2.25. The van der Waals surface area contributed by atoms with Crippen LogP contribution in [-0.2, 0) is 24.2 Å². The van der Waals surface area contributed by atoms with E-state index in [0.29, 0.717) is 49.5 Å². The lowest BCUT2D eigenvalue weighted by Gasteiger charge is -2.10. The minimum atomic E-state index is 0.495. The fraction of sp³-hybridized carbons (Fsp3) is 0.412. The van der Waals surface area contributed by atoms with Crippen LogP contribution in [0.4, 0.5) is 0 Å². The fourth-order valence-electron chi connectivity index (χ4n) is 2.31. The van der Waals surface area contributed by atoms with Crippen molar-refractivity contribution in [1.29, 1.82) is 0 Å². The highest BCUT2D eigenvalue weighted by Gasteiger charge is 2.14. The summed E-state index contributed by atoms with van der Waals surface area (Å²) < 4.78 is 15.6. The van der Waals surface area contributed by atoms with Crippen LogP contribution >= 0.6 is 0 Å². The molecule has 0 unspecified atom stereocenters. The van der Waals surface area contributed by atoms with Crippen molar-refractivity contribution in [2.75, 3.05) is 20.8 Å². The molecule has 0 spiro atoms. The van der Waals surface area contributed by atoms with Crippen molar-refractivity contribution in [3.05, 3.63) is 47.4 Å². The lowest BCUT2D eigenvalue weighted by Crippen LogP contribution is -2.17. The van der Waals surface area contributed by atoms with E-state index in [1.807, 2.05) is 43.1 Å². The summed E-state index contributed by atoms with van der Waals surface area (Å²) in [4.78, 5) is 10.7. The average Bonchev–Trinajstić information content (AvgIpc) is 3.23. The first-order valence-electron chi connectivity index (χ1n) is 8.02. The van der Waals surface area contributed by atoms with E-state index >= 15 is 0 Å². The van der Waals surface area contributed by atoms with Gasteiger partial charge in [-0.2, -0.15) is 9.97 Å². The van der Waals surface area contributed by atoms with Gasteiger partial charge in [0, 0.05) is 19.1 Å². The van der Waals surface area contributed by atoms with Gasteiger partial charge in [0.25, 0.3) is 0 Å². The van der Waals surface area contributed by atoms with Gasteiger partial charge in [0.2, 0.25) is 17.6 Å². The van der Waals surface area contributed by atoms with E-state index < -0.39 is 0 Å². The molecule has 2 aromatic heterocycles. The fourth-order valence-corrected chi connectivity index (χ4v) is 2.31. The van der Waals surface area contributed by atoms with E-state index in [1.54, 1.807) is 7.11 Å². The number of nitrogens with zero attached hydrogens (tertiary/aromatic N) is 5. The van der Waals surface area contributed by atoms with Crippen LogP contribution in [0.25, 0.3) is 11.4 Å². The smallest absolute Gasteiger partial charge is 0.241 e. The van der Waals surface area contributed by atoms with Gasteiger partial charge in [-0.3, -0.25) is 4.90 Å². The number of rotatable bonds is 8. The quantitative estimate of drug-likeness (QED) is 0.615. The Bertz CT molecular complexity index is 797. The number of methoxy groups -OCH3 is 1. The van der Waals surface area contributed by atoms with E-state index in [-0.39, 0.29) is 0 Å². The maximum absolute atomic E-state index is 5.33. The van der Waals surface area contributed by atoms with Gasteiger partial charge < -0.3 is 13.8 Å². The minimum absolute atomic E-state index is 0.495. The molecule has 132 valence electrons. The summed E-state index contributed by atoms with van der Waals surface area (Å²) >= 11 is 0. The normalized spacial score (nSPS) is 11.4. The minimum Gasteiger partial charge on any atom is -0.384 e. The van der Waals surface area contributed by atoms with Crippen molar-refractivity contribution in [3.63, 3.8) is 0 Å². The van der Waals surface area contributed by atoms with Gasteiger partial charge in [0.05, 0.1) is 19.7 Å². The molecule has 0 fully saturated rings. The summed E-state index contributed by atoms with van der Waals surface area (Å²) in [6.45, 7) is 3.61. The lowest BCUT2D eigenvalue weighted by atomic mass is 10.1. The molecule has 1 aromatic carbocycles. The standard InChI is InChI=1S/C17H21N5O3/c1-12-4-6-13(7-5-12)17-19-16(25-21-17)11-22(2)10-15-18-14(20-24-15)8-9-23-3/h4-7H,8-11H2,1-3H3. The molecule has 25 heavy (non-hydrogen) atoms. The van der Waals surface area contributed by atoms with Crippen LogP contribution in [0.5, 0.6) is 0 Å².